The van der Waals surface area contributed by atoms with Gasteiger partial charge in [0.25, 0.3) is 0 Å². The van der Waals surface area contributed by atoms with Crippen LogP contribution in [0.3, 0.4) is 0 Å². The van der Waals surface area contributed by atoms with Gasteiger partial charge in [-0.25, -0.2) is 0 Å². The molecule has 0 aromatic heterocycles. The van der Waals surface area contributed by atoms with Crippen LogP contribution < -0.4 is 5.73 Å². The molecule has 6 heteroatoms. The van der Waals surface area contributed by atoms with Crippen LogP contribution in [0.25, 0.3) is 5.57 Å². The molecule has 2 N–H and O–H groups in total. The van der Waals surface area contributed by atoms with E-state index in [0.717, 1.165) is 11.1 Å². The maximum atomic E-state index is 11.3. The molecule has 0 saturated heterocycles. The normalized spacial score (nSPS) is 11.3. The summed E-state index contributed by atoms with van der Waals surface area (Å²) in [6, 6.07) is 16.7. The van der Waals surface area contributed by atoms with Crippen molar-refractivity contribution in [1.82, 2.24) is 0 Å². The molecule has 0 aliphatic heterocycles. The standard InChI is InChI=1S/C19H19N3O3/c1-14(19(20)23)17-11-7-6-10-16(17)13-25-21-12-18(22-24-2)15-8-4-3-5-9-15/h3-12H,1,13H2,2H3,(H2,20,23). The summed E-state index contributed by atoms with van der Waals surface area (Å²) in [5.74, 6) is -0.574. The molecular weight excluding hydrogens is 318 g/mol. The number of hydrogen-bond acceptors (Lipinski definition) is 5. The van der Waals surface area contributed by atoms with E-state index in [1.807, 2.05) is 42.5 Å². The smallest absolute Gasteiger partial charge is 0.248 e. The van der Waals surface area contributed by atoms with Crippen molar-refractivity contribution in [1.29, 1.82) is 0 Å². The average molecular weight is 337 g/mol. The van der Waals surface area contributed by atoms with Crippen molar-refractivity contribution in [2.75, 3.05) is 7.11 Å². The Bertz CT molecular complexity index is 799. The SMILES string of the molecule is C=C(C(N)=O)c1ccccc1CON=CC(=NOC)c1ccccc1. The van der Waals surface area contributed by atoms with Gasteiger partial charge in [0.1, 0.15) is 19.4 Å². The largest absolute Gasteiger partial charge is 0.399 e. The number of benzene rings is 2. The molecule has 25 heavy (non-hydrogen) atoms. The highest BCUT2D eigenvalue weighted by Crippen LogP contribution is 2.18. The maximum Gasteiger partial charge on any atom is 0.248 e. The van der Waals surface area contributed by atoms with Crippen molar-refractivity contribution in [3.8, 4) is 0 Å². The molecule has 0 aliphatic carbocycles. The predicted molar refractivity (Wildman–Crippen MR) is 97.9 cm³/mol. The Morgan fingerprint density at radius 2 is 1.84 bits per heavy atom. The zero-order valence-corrected chi connectivity index (χ0v) is 13.9. The summed E-state index contributed by atoms with van der Waals surface area (Å²) in [5, 5.41) is 7.85. The first-order valence-corrected chi connectivity index (χ1v) is 7.52. The Morgan fingerprint density at radius 3 is 2.52 bits per heavy atom. The molecule has 2 aromatic rings. The number of nitrogens with two attached hydrogens (primary N) is 1. The molecule has 0 spiro atoms. The molecule has 2 aromatic carbocycles. The molecule has 0 aliphatic rings. The lowest BCUT2D eigenvalue weighted by Crippen LogP contribution is -2.13. The first kappa shape index (κ1) is 17.9. The van der Waals surface area contributed by atoms with E-state index in [1.54, 1.807) is 12.1 Å². The van der Waals surface area contributed by atoms with Gasteiger partial charge in [-0.15, -0.1) is 0 Å². The Balaban J connectivity index is 2.07. The number of rotatable bonds is 8. The Kier molecular flexibility index (Phi) is 6.47. The molecule has 0 radical (unpaired) electrons. The molecule has 128 valence electrons. The molecule has 0 fully saturated rings. The van der Waals surface area contributed by atoms with Crippen LogP contribution in [-0.4, -0.2) is 24.9 Å². The monoisotopic (exact) mass is 337 g/mol. The van der Waals surface area contributed by atoms with E-state index in [0.29, 0.717) is 11.3 Å². The zero-order valence-electron chi connectivity index (χ0n) is 13.9. The van der Waals surface area contributed by atoms with Crippen LogP contribution in [0.15, 0.2) is 71.5 Å². The zero-order chi connectivity index (χ0) is 18.1. The van der Waals surface area contributed by atoms with Crippen molar-refractivity contribution in [2.24, 2.45) is 16.0 Å². The van der Waals surface area contributed by atoms with E-state index in [-0.39, 0.29) is 12.2 Å². The quantitative estimate of drug-likeness (QED) is 0.456. The Hall–Kier alpha value is -3.41. The summed E-state index contributed by atoms with van der Waals surface area (Å²) in [7, 11) is 1.46. The van der Waals surface area contributed by atoms with Gasteiger partial charge in [0.05, 0.1) is 6.21 Å². The van der Waals surface area contributed by atoms with Gasteiger partial charge in [0.2, 0.25) is 5.91 Å². The van der Waals surface area contributed by atoms with Crippen molar-refractivity contribution in [2.45, 2.75) is 6.61 Å². The topological polar surface area (TPSA) is 86.3 Å². The summed E-state index contributed by atoms with van der Waals surface area (Å²) >= 11 is 0. The van der Waals surface area contributed by atoms with Gasteiger partial charge in [-0.05, 0) is 11.1 Å². The molecule has 2 rings (SSSR count). The van der Waals surface area contributed by atoms with Gasteiger partial charge in [-0.3, -0.25) is 4.79 Å². The lowest BCUT2D eigenvalue weighted by atomic mass is 10.0. The molecule has 0 heterocycles. The molecule has 6 nitrogen and oxygen atoms in total. The molecule has 0 unspecified atom stereocenters. The average Bonchev–Trinajstić information content (AvgIpc) is 2.64. The van der Waals surface area contributed by atoms with Crippen molar-refractivity contribution in [3.63, 3.8) is 0 Å². The second-order valence-electron chi connectivity index (χ2n) is 5.03. The van der Waals surface area contributed by atoms with E-state index in [9.17, 15) is 4.79 Å². The third-order valence-corrected chi connectivity index (χ3v) is 3.37. The van der Waals surface area contributed by atoms with Crippen LogP contribution in [0.4, 0.5) is 0 Å². The van der Waals surface area contributed by atoms with Crippen LogP contribution in [0.1, 0.15) is 16.7 Å². The van der Waals surface area contributed by atoms with Gasteiger partial charge < -0.3 is 15.4 Å². The van der Waals surface area contributed by atoms with Crippen LogP contribution in [0, 0.1) is 0 Å². The number of primary amides is 1. The molecule has 0 saturated carbocycles. The highest BCUT2D eigenvalue weighted by Gasteiger charge is 2.10. The summed E-state index contributed by atoms with van der Waals surface area (Å²) in [5.41, 5.74) is 8.29. The van der Waals surface area contributed by atoms with Gasteiger partial charge >= 0.3 is 0 Å². The van der Waals surface area contributed by atoms with Crippen molar-refractivity contribution >= 4 is 23.4 Å². The second kappa shape index (κ2) is 9.02. The highest BCUT2D eigenvalue weighted by atomic mass is 16.6. The number of carbonyl (C=O) groups is 1. The number of oxime groups is 2. The number of carbonyl (C=O) groups excluding carboxylic acids is 1. The summed E-state index contributed by atoms with van der Waals surface area (Å²) in [6.07, 6.45) is 1.46. The van der Waals surface area contributed by atoms with E-state index in [1.165, 1.54) is 13.3 Å². The Morgan fingerprint density at radius 1 is 1.16 bits per heavy atom. The maximum absolute atomic E-state index is 11.3. The first-order chi connectivity index (χ1) is 12.1. The minimum atomic E-state index is -0.574. The fourth-order valence-corrected chi connectivity index (χ4v) is 2.13. The summed E-state index contributed by atoms with van der Waals surface area (Å²) in [6.45, 7) is 3.86. The third kappa shape index (κ3) is 5.04. The number of nitrogens with zero attached hydrogens (tertiary/aromatic N) is 2. The predicted octanol–water partition coefficient (Wildman–Crippen LogP) is 2.74. The molecule has 0 atom stereocenters. The minimum Gasteiger partial charge on any atom is -0.399 e. The second-order valence-corrected chi connectivity index (χ2v) is 5.03. The van der Waals surface area contributed by atoms with E-state index >= 15 is 0 Å². The van der Waals surface area contributed by atoms with Crippen LogP contribution in [-0.2, 0) is 21.1 Å². The number of amides is 1. The van der Waals surface area contributed by atoms with Crippen molar-refractivity contribution in [3.05, 3.63) is 77.9 Å². The molecule has 1 amide bonds. The summed E-state index contributed by atoms with van der Waals surface area (Å²) < 4.78 is 0. The minimum absolute atomic E-state index is 0.161. The lowest BCUT2D eigenvalue weighted by molar-refractivity contribution is -0.112. The van der Waals surface area contributed by atoms with Crippen molar-refractivity contribution < 1.29 is 14.5 Å². The van der Waals surface area contributed by atoms with Crippen LogP contribution in [0.5, 0.6) is 0 Å². The fourth-order valence-electron chi connectivity index (χ4n) is 2.13. The fraction of sp³-hybridized carbons (Fsp3) is 0.105. The van der Waals surface area contributed by atoms with Gasteiger partial charge in [-0.2, -0.15) is 0 Å². The van der Waals surface area contributed by atoms with Crippen LogP contribution >= 0.6 is 0 Å². The summed E-state index contributed by atoms with van der Waals surface area (Å²) in [4.78, 5) is 21.5. The first-order valence-electron chi connectivity index (χ1n) is 7.52. The van der Waals surface area contributed by atoms with E-state index < -0.39 is 5.91 Å². The van der Waals surface area contributed by atoms with Gasteiger partial charge in [0, 0.05) is 11.1 Å². The number of hydrogen-bond donors (Lipinski definition) is 1. The van der Waals surface area contributed by atoms with E-state index in [2.05, 4.69) is 16.9 Å². The third-order valence-electron chi connectivity index (χ3n) is 3.37. The Labute approximate surface area is 146 Å². The molecule has 0 bridgehead atoms. The molecular formula is C19H19N3O3. The van der Waals surface area contributed by atoms with Crippen LogP contribution in [0.2, 0.25) is 0 Å². The van der Waals surface area contributed by atoms with Gasteiger partial charge in [-0.1, -0.05) is 71.5 Å². The lowest BCUT2D eigenvalue weighted by Gasteiger charge is -2.08. The van der Waals surface area contributed by atoms with Gasteiger partial charge in [0.15, 0.2) is 0 Å². The van der Waals surface area contributed by atoms with E-state index in [4.69, 9.17) is 15.4 Å². The highest BCUT2D eigenvalue weighted by molar-refractivity contribution is 6.37.